The number of guanidine groups is 1. The molecule has 0 spiro atoms. The lowest BCUT2D eigenvalue weighted by molar-refractivity contribution is 0.570. The third-order valence-corrected chi connectivity index (χ3v) is 3.97. The zero-order chi connectivity index (χ0) is 16.7. The van der Waals surface area contributed by atoms with Gasteiger partial charge in [-0.1, -0.05) is 0 Å². The van der Waals surface area contributed by atoms with Crippen LogP contribution in [0.3, 0.4) is 0 Å². The molecule has 0 radical (unpaired) electrons. The average molecular weight is 445 g/mol. The molecule has 0 atom stereocenters. The van der Waals surface area contributed by atoms with Crippen LogP contribution in [0.5, 0.6) is 0 Å². The minimum Gasteiger partial charge on any atom is -0.356 e. The van der Waals surface area contributed by atoms with Crippen molar-refractivity contribution in [3.05, 3.63) is 35.4 Å². The number of hydrogen-bond acceptors (Lipinski definition) is 3. The second kappa shape index (κ2) is 10.3. The summed E-state index contributed by atoms with van der Waals surface area (Å²) in [5.41, 5.74) is 3.65. The van der Waals surface area contributed by atoms with E-state index in [0.29, 0.717) is 0 Å². The number of aryl methyl sites for hydroxylation is 3. The molecule has 2 aromatic rings. The lowest BCUT2D eigenvalue weighted by atomic mass is 10.1. The maximum Gasteiger partial charge on any atom is 0.190 e. The van der Waals surface area contributed by atoms with Gasteiger partial charge in [-0.3, -0.25) is 14.4 Å². The van der Waals surface area contributed by atoms with Gasteiger partial charge in [-0.2, -0.15) is 10.2 Å². The Bertz CT molecular complexity index is 631. The molecule has 2 N–H and O–H groups in total. The number of halogens is 1. The van der Waals surface area contributed by atoms with Crippen molar-refractivity contribution in [3.8, 4) is 0 Å². The normalized spacial score (nSPS) is 11.2. The summed E-state index contributed by atoms with van der Waals surface area (Å²) in [4.78, 5) is 4.26. The van der Waals surface area contributed by atoms with Crippen LogP contribution in [0.4, 0.5) is 0 Å². The minimum absolute atomic E-state index is 0. The number of aliphatic imine (C=N–C) groups is 1. The second-order valence-corrected chi connectivity index (χ2v) is 5.57. The quantitative estimate of drug-likeness (QED) is 0.294. The lowest BCUT2D eigenvalue weighted by Gasteiger charge is -2.12. The van der Waals surface area contributed by atoms with Crippen molar-refractivity contribution in [2.24, 2.45) is 12.0 Å². The molecule has 0 saturated carbocycles. The molecule has 7 nitrogen and oxygen atoms in total. The van der Waals surface area contributed by atoms with Crippen molar-refractivity contribution in [1.82, 2.24) is 30.2 Å². The van der Waals surface area contributed by atoms with Gasteiger partial charge in [0.2, 0.25) is 0 Å². The average Bonchev–Trinajstić information content (AvgIpc) is 3.13. The van der Waals surface area contributed by atoms with E-state index in [1.165, 1.54) is 11.3 Å². The maximum atomic E-state index is 4.45. The van der Waals surface area contributed by atoms with Gasteiger partial charge in [-0.05, 0) is 38.3 Å². The third-order valence-electron chi connectivity index (χ3n) is 3.97. The van der Waals surface area contributed by atoms with Crippen LogP contribution in [-0.4, -0.2) is 45.7 Å². The zero-order valence-corrected chi connectivity index (χ0v) is 17.2. The standard InChI is InChI=1S/C16H27N7.HI/c1-13-15(14(2)22(4)21-13)7-10-19-16(17-3)18-8-5-11-23-12-6-9-20-23;/h6,9,12H,5,7-8,10-11H2,1-4H3,(H2,17,18,19);1H. The fraction of sp³-hybridized carbons (Fsp3) is 0.562. The summed E-state index contributed by atoms with van der Waals surface area (Å²) in [6.45, 7) is 6.78. The molecule has 24 heavy (non-hydrogen) atoms. The molecule has 0 amide bonds. The fourth-order valence-corrected chi connectivity index (χ4v) is 2.59. The molecule has 2 aromatic heterocycles. The van der Waals surface area contributed by atoms with Crippen molar-refractivity contribution < 1.29 is 0 Å². The smallest absolute Gasteiger partial charge is 0.190 e. The molecule has 2 heterocycles. The van der Waals surface area contributed by atoms with Gasteiger partial charge in [0, 0.05) is 51.8 Å². The van der Waals surface area contributed by atoms with Gasteiger partial charge in [0.15, 0.2) is 5.96 Å². The van der Waals surface area contributed by atoms with Crippen LogP contribution >= 0.6 is 24.0 Å². The second-order valence-electron chi connectivity index (χ2n) is 5.57. The first kappa shape index (κ1) is 20.5. The molecule has 0 aliphatic heterocycles. The van der Waals surface area contributed by atoms with Crippen molar-refractivity contribution in [3.63, 3.8) is 0 Å². The van der Waals surface area contributed by atoms with Crippen LogP contribution < -0.4 is 10.6 Å². The van der Waals surface area contributed by atoms with Gasteiger partial charge in [0.1, 0.15) is 0 Å². The summed E-state index contributed by atoms with van der Waals surface area (Å²) in [5.74, 6) is 0.838. The molecule has 0 saturated heterocycles. The largest absolute Gasteiger partial charge is 0.356 e. The van der Waals surface area contributed by atoms with Gasteiger partial charge >= 0.3 is 0 Å². The molecule has 2 rings (SSSR count). The highest BCUT2D eigenvalue weighted by molar-refractivity contribution is 14.0. The van der Waals surface area contributed by atoms with E-state index in [4.69, 9.17) is 0 Å². The summed E-state index contributed by atoms with van der Waals surface area (Å²) < 4.78 is 3.87. The van der Waals surface area contributed by atoms with E-state index in [0.717, 1.165) is 44.1 Å². The predicted molar refractivity (Wildman–Crippen MR) is 108 cm³/mol. The Morgan fingerprint density at radius 2 is 2.00 bits per heavy atom. The fourth-order valence-electron chi connectivity index (χ4n) is 2.59. The highest BCUT2D eigenvalue weighted by Gasteiger charge is 2.08. The number of nitrogens with one attached hydrogen (secondary N) is 2. The summed E-state index contributed by atoms with van der Waals surface area (Å²) in [6, 6.07) is 1.94. The Labute approximate surface area is 160 Å². The number of nitrogens with zero attached hydrogens (tertiary/aromatic N) is 5. The van der Waals surface area contributed by atoms with Crippen LogP contribution in [0.15, 0.2) is 23.5 Å². The van der Waals surface area contributed by atoms with Gasteiger partial charge in [0.05, 0.1) is 5.69 Å². The maximum absolute atomic E-state index is 4.45. The Hall–Kier alpha value is -1.58. The third kappa shape index (κ3) is 5.81. The Kier molecular flexibility index (Phi) is 8.80. The van der Waals surface area contributed by atoms with Crippen molar-refractivity contribution in [1.29, 1.82) is 0 Å². The molecule has 0 aromatic carbocycles. The van der Waals surface area contributed by atoms with E-state index in [1.807, 2.05) is 28.7 Å². The molecule has 0 aliphatic rings. The van der Waals surface area contributed by atoms with Crippen LogP contribution in [0, 0.1) is 13.8 Å². The lowest BCUT2D eigenvalue weighted by Crippen LogP contribution is -2.39. The monoisotopic (exact) mass is 445 g/mol. The van der Waals surface area contributed by atoms with Crippen LogP contribution in [0.25, 0.3) is 0 Å². The molecule has 0 aliphatic carbocycles. The molecular formula is C16H28IN7. The topological polar surface area (TPSA) is 72.1 Å². The van der Waals surface area contributed by atoms with Gasteiger partial charge in [-0.15, -0.1) is 24.0 Å². The summed E-state index contributed by atoms with van der Waals surface area (Å²) >= 11 is 0. The molecule has 8 heteroatoms. The van der Waals surface area contributed by atoms with Gasteiger partial charge in [-0.25, -0.2) is 0 Å². The molecule has 0 bridgehead atoms. The Balaban J connectivity index is 0.00000288. The SMILES string of the molecule is CN=C(NCCCn1cccn1)NCCc1c(C)nn(C)c1C.I. The summed E-state index contributed by atoms with van der Waals surface area (Å²) in [5, 5.41) is 15.3. The van der Waals surface area contributed by atoms with E-state index in [1.54, 1.807) is 13.2 Å². The van der Waals surface area contributed by atoms with Crippen molar-refractivity contribution in [2.45, 2.75) is 33.2 Å². The van der Waals surface area contributed by atoms with E-state index in [2.05, 4.69) is 39.7 Å². The first-order valence-electron chi connectivity index (χ1n) is 8.03. The minimum atomic E-state index is 0. The number of hydrogen-bond donors (Lipinski definition) is 2. The van der Waals surface area contributed by atoms with Crippen LogP contribution in [0.1, 0.15) is 23.4 Å². The van der Waals surface area contributed by atoms with Crippen molar-refractivity contribution in [2.75, 3.05) is 20.1 Å². The van der Waals surface area contributed by atoms with Gasteiger partial charge in [0.25, 0.3) is 0 Å². The molecule has 0 fully saturated rings. The zero-order valence-electron chi connectivity index (χ0n) is 14.9. The number of rotatable bonds is 7. The predicted octanol–water partition coefficient (Wildman–Crippen LogP) is 1.65. The highest BCUT2D eigenvalue weighted by Crippen LogP contribution is 2.11. The van der Waals surface area contributed by atoms with E-state index in [9.17, 15) is 0 Å². The first-order chi connectivity index (χ1) is 11.1. The van der Waals surface area contributed by atoms with Crippen LogP contribution in [-0.2, 0) is 20.0 Å². The van der Waals surface area contributed by atoms with E-state index in [-0.39, 0.29) is 24.0 Å². The van der Waals surface area contributed by atoms with Crippen LogP contribution in [0.2, 0.25) is 0 Å². The molecule has 134 valence electrons. The first-order valence-corrected chi connectivity index (χ1v) is 8.03. The number of aromatic nitrogens is 4. The Morgan fingerprint density at radius 3 is 2.58 bits per heavy atom. The summed E-state index contributed by atoms with van der Waals surface area (Å²) in [7, 11) is 3.78. The van der Waals surface area contributed by atoms with E-state index < -0.39 is 0 Å². The molecular weight excluding hydrogens is 417 g/mol. The van der Waals surface area contributed by atoms with E-state index >= 15 is 0 Å². The Morgan fingerprint density at radius 1 is 1.25 bits per heavy atom. The van der Waals surface area contributed by atoms with Gasteiger partial charge < -0.3 is 10.6 Å². The molecule has 0 unspecified atom stereocenters. The highest BCUT2D eigenvalue weighted by atomic mass is 127. The van der Waals surface area contributed by atoms with Crippen molar-refractivity contribution >= 4 is 29.9 Å². The summed E-state index contributed by atoms with van der Waals surface area (Å²) in [6.07, 6.45) is 5.73.